The molecule has 3 aromatic rings. The molecule has 1 aliphatic carbocycles. The summed E-state index contributed by atoms with van der Waals surface area (Å²) in [5, 5.41) is 0. The monoisotopic (exact) mass is 358 g/mol. The molecule has 0 N–H and O–H groups in total. The highest BCUT2D eigenvalue weighted by molar-refractivity contribution is 5.98. The third-order valence-corrected chi connectivity index (χ3v) is 5.24. The molecule has 0 bridgehead atoms. The summed E-state index contributed by atoms with van der Waals surface area (Å²) in [5.74, 6) is -0.252. The van der Waals surface area contributed by atoms with Crippen molar-refractivity contribution in [2.75, 3.05) is 20.3 Å². The Morgan fingerprint density at radius 1 is 0.815 bits per heavy atom. The van der Waals surface area contributed by atoms with E-state index >= 15 is 0 Å². The van der Waals surface area contributed by atoms with Gasteiger partial charge in [0.05, 0.1) is 13.2 Å². The molecule has 3 aromatic carbocycles. The Kier molecular flexibility index (Phi) is 4.78. The van der Waals surface area contributed by atoms with Crippen molar-refractivity contribution >= 4 is 5.97 Å². The lowest BCUT2D eigenvalue weighted by atomic mass is 9.79. The summed E-state index contributed by atoms with van der Waals surface area (Å²) in [6.07, 6.45) is 0.693. The smallest absolute Gasteiger partial charge is 0.323 e. The lowest BCUT2D eigenvalue weighted by Gasteiger charge is -2.29. The Hall–Kier alpha value is -2.91. The number of fused-ring (bicyclic) bond motifs is 3. The van der Waals surface area contributed by atoms with Crippen molar-refractivity contribution in [3.8, 4) is 11.1 Å². The molecule has 0 fully saturated rings. The first-order chi connectivity index (χ1) is 13.3. The van der Waals surface area contributed by atoms with Crippen LogP contribution < -0.4 is 0 Å². The van der Waals surface area contributed by atoms with Gasteiger partial charge in [0.25, 0.3) is 0 Å². The van der Waals surface area contributed by atoms with Crippen molar-refractivity contribution in [1.82, 2.24) is 0 Å². The fraction of sp³-hybridized carbons (Fsp3) is 0.208. The van der Waals surface area contributed by atoms with E-state index < -0.39 is 5.41 Å². The number of carbonyl (C=O) groups is 1. The number of rotatable bonds is 6. The number of benzene rings is 3. The minimum Gasteiger partial charge on any atom is -0.464 e. The molecular formula is C24H22O3. The average molecular weight is 358 g/mol. The van der Waals surface area contributed by atoms with E-state index in [0.29, 0.717) is 13.0 Å². The summed E-state index contributed by atoms with van der Waals surface area (Å²) >= 11 is 0. The van der Waals surface area contributed by atoms with Gasteiger partial charge in [-0.2, -0.15) is 0 Å². The number of hydrogen-bond acceptors (Lipinski definition) is 3. The van der Waals surface area contributed by atoms with Crippen molar-refractivity contribution in [3.63, 3.8) is 0 Å². The normalized spacial score (nSPS) is 13.7. The number of methoxy groups -OCH3 is 1. The predicted molar refractivity (Wildman–Crippen MR) is 106 cm³/mol. The Morgan fingerprint density at radius 2 is 1.37 bits per heavy atom. The molecule has 3 nitrogen and oxygen atoms in total. The molecule has 0 amide bonds. The molecule has 1 aliphatic rings. The van der Waals surface area contributed by atoms with Crippen LogP contribution in [-0.4, -0.2) is 26.3 Å². The first kappa shape index (κ1) is 17.5. The summed E-state index contributed by atoms with van der Waals surface area (Å²) in [5.41, 5.74) is 4.29. The molecule has 3 heteroatoms. The first-order valence-electron chi connectivity index (χ1n) is 9.17. The van der Waals surface area contributed by atoms with Gasteiger partial charge in [0.2, 0.25) is 0 Å². The Morgan fingerprint density at radius 3 is 1.96 bits per heavy atom. The summed E-state index contributed by atoms with van der Waals surface area (Å²) in [6.45, 7) is 0.601. The van der Waals surface area contributed by atoms with Gasteiger partial charge < -0.3 is 9.47 Å². The van der Waals surface area contributed by atoms with E-state index in [2.05, 4.69) is 12.1 Å². The molecule has 0 saturated heterocycles. The molecule has 4 rings (SSSR count). The summed E-state index contributed by atoms with van der Waals surface area (Å²) in [7, 11) is 1.63. The van der Waals surface area contributed by atoms with Gasteiger partial charge in [0, 0.05) is 13.5 Å². The van der Waals surface area contributed by atoms with Crippen molar-refractivity contribution in [3.05, 3.63) is 95.6 Å². The largest absolute Gasteiger partial charge is 0.464 e. The number of hydrogen-bond donors (Lipinski definition) is 0. The zero-order chi connectivity index (χ0) is 18.7. The van der Waals surface area contributed by atoms with Crippen LogP contribution in [-0.2, 0) is 26.1 Å². The maximum absolute atomic E-state index is 13.4. The van der Waals surface area contributed by atoms with Gasteiger partial charge >= 0.3 is 5.97 Å². The van der Waals surface area contributed by atoms with Gasteiger partial charge in [-0.3, -0.25) is 4.79 Å². The van der Waals surface area contributed by atoms with Gasteiger partial charge in [0.1, 0.15) is 5.41 Å². The standard InChI is InChI=1S/C24H22O3/c1-26-17-24(23(25)27-16-15-18-9-3-2-4-10-18)21-13-7-5-11-19(21)20-12-6-8-14-22(20)24/h2-14H,15-17H2,1H3. The summed E-state index contributed by atoms with van der Waals surface area (Å²) < 4.78 is 11.3. The minimum absolute atomic E-state index is 0.252. The maximum atomic E-state index is 13.4. The van der Waals surface area contributed by atoms with Crippen molar-refractivity contribution < 1.29 is 14.3 Å². The Balaban J connectivity index is 1.67. The van der Waals surface area contributed by atoms with E-state index in [4.69, 9.17) is 9.47 Å². The molecule has 136 valence electrons. The van der Waals surface area contributed by atoms with Crippen molar-refractivity contribution in [1.29, 1.82) is 0 Å². The van der Waals surface area contributed by atoms with Gasteiger partial charge in [-0.25, -0.2) is 0 Å². The van der Waals surface area contributed by atoms with E-state index in [1.807, 2.05) is 66.7 Å². The lowest BCUT2D eigenvalue weighted by molar-refractivity contribution is -0.150. The molecule has 0 saturated carbocycles. The van der Waals surface area contributed by atoms with Crippen LogP contribution >= 0.6 is 0 Å². The first-order valence-corrected chi connectivity index (χ1v) is 9.17. The topological polar surface area (TPSA) is 35.5 Å². The fourth-order valence-corrected chi connectivity index (χ4v) is 4.01. The average Bonchev–Trinajstić information content (AvgIpc) is 3.01. The highest BCUT2D eigenvalue weighted by Crippen LogP contribution is 2.49. The van der Waals surface area contributed by atoms with Crippen LogP contribution in [0.3, 0.4) is 0 Å². The summed E-state index contributed by atoms with van der Waals surface area (Å²) in [6, 6.07) is 26.1. The van der Waals surface area contributed by atoms with Crippen LogP contribution in [0.2, 0.25) is 0 Å². The highest BCUT2D eigenvalue weighted by Gasteiger charge is 2.50. The number of ether oxygens (including phenoxy) is 2. The highest BCUT2D eigenvalue weighted by atomic mass is 16.5. The van der Waals surface area contributed by atoms with E-state index in [9.17, 15) is 4.79 Å². The van der Waals surface area contributed by atoms with E-state index in [1.165, 1.54) is 0 Å². The molecule has 0 unspecified atom stereocenters. The van der Waals surface area contributed by atoms with Gasteiger partial charge in [-0.1, -0.05) is 78.9 Å². The summed E-state index contributed by atoms with van der Waals surface area (Å²) in [4.78, 5) is 13.4. The second kappa shape index (κ2) is 7.37. The van der Waals surface area contributed by atoms with Crippen LogP contribution in [0, 0.1) is 0 Å². The Labute approximate surface area is 159 Å². The maximum Gasteiger partial charge on any atom is 0.323 e. The van der Waals surface area contributed by atoms with Crippen LogP contribution in [0.25, 0.3) is 11.1 Å². The molecule has 0 heterocycles. The van der Waals surface area contributed by atoms with Crippen LogP contribution in [0.15, 0.2) is 78.9 Å². The molecule has 0 aromatic heterocycles. The predicted octanol–water partition coefficient (Wildman–Crippen LogP) is 4.39. The fourth-order valence-electron chi connectivity index (χ4n) is 4.01. The van der Waals surface area contributed by atoms with Crippen molar-refractivity contribution in [2.45, 2.75) is 11.8 Å². The van der Waals surface area contributed by atoms with Crippen LogP contribution in [0.5, 0.6) is 0 Å². The molecule has 0 aliphatic heterocycles. The number of carbonyl (C=O) groups excluding carboxylic acids is 1. The minimum atomic E-state index is -0.918. The van der Waals surface area contributed by atoms with E-state index in [0.717, 1.165) is 27.8 Å². The lowest BCUT2D eigenvalue weighted by Crippen LogP contribution is -2.41. The quantitative estimate of drug-likeness (QED) is 0.613. The van der Waals surface area contributed by atoms with Gasteiger partial charge in [0.15, 0.2) is 0 Å². The Bertz CT molecular complexity index is 901. The zero-order valence-corrected chi connectivity index (χ0v) is 15.4. The zero-order valence-electron chi connectivity index (χ0n) is 15.4. The van der Waals surface area contributed by atoms with E-state index in [-0.39, 0.29) is 12.6 Å². The number of esters is 1. The SMILES string of the molecule is COCC1(C(=O)OCCc2ccccc2)c2ccccc2-c2ccccc21. The van der Waals surface area contributed by atoms with Gasteiger partial charge in [-0.15, -0.1) is 0 Å². The molecule has 0 radical (unpaired) electrons. The molecule has 27 heavy (non-hydrogen) atoms. The third kappa shape index (κ3) is 2.94. The van der Waals surface area contributed by atoms with E-state index in [1.54, 1.807) is 7.11 Å². The second-order valence-corrected chi connectivity index (χ2v) is 6.80. The second-order valence-electron chi connectivity index (χ2n) is 6.80. The van der Waals surface area contributed by atoms with Gasteiger partial charge in [-0.05, 0) is 27.8 Å². The molecule has 0 spiro atoms. The molecule has 0 atom stereocenters. The molecular weight excluding hydrogens is 336 g/mol. The van der Waals surface area contributed by atoms with Crippen LogP contribution in [0.4, 0.5) is 0 Å². The van der Waals surface area contributed by atoms with Crippen LogP contribution in [0.1, 0.15) is 16.7 Å². The third-order valence-electron chi connectivity index (χ3n) is 5.24. The van der Waals surface area contributed by atoms with Crippen molar-refractivity contribution in [2.24, 2.45) is 0 Å².